The molecule has 1 atom stereocenters. The summed E-state index contributed by atoms with van der Waals surface area (Å²) in [6, 6.07) is 8.14. The molecule has 0 aliphatic carbocycles. The van der Waals surface area contributed by atoms with Gasteiger partial charge in [0.2, 0.25) is 5.91 Å². The van der Waals surface area contributed by atoms with E-state index in [1.54, 1.807) is 11.8 Å². The van der Waals surface area contributed by atoms with Crippen LogP contribution in [-0.4, -0.2) is 29.1 Å². The average Bonchev–Trinajstić information content (AvgIpc) is 2.41. The molecule has 1 aliphatic rings. The fourth-order valence-corrected chi connectivity index (χ4v) is 3.47. The summed E-state index contributed by atoms with van der Waals surface area (Å²) in [6.45, 7) is 6.12. The molecular formula is C15H20BrNOS. The zero-order valence-corrected chi connectivity index (χ0v) is 13.8. The van der Waals surface area contributed by atoms with Crippen molar-refractivity contribution in [3.05, 3.63) is 28.7 Å². The van der Waals surface area contributed by atoms with Crippen molar-refractivity contribution in [2.45, 2.75) is 36.8 Å². The SMILES string of the molecule is CC1CCN(C(=O)C(C)Sc2ccc(Br)cc2)CC1. The van der Waals surface area contributed by atoms with E-state index in [0.29, 0.717) is 0 Å². The molecule has 1 saturated heterocycles. The van der Waals surface area contributed by atoms with Gasteiger partial charge < -0.3 is 4.90 Å². The molecule has 2 rings (SSSR count). The van der Waals surface area contributed by atoms with Gasteiger partial charge in [0.25, 0.3) is 0 Å². The van der Waals surface area contributed by atoms with Crippen LogP contribution in [0, 0.1) is 5.92 Å². The van der Waals surface area contributed by atoms with Crippen LogP contribution in [0.5, 0.6) is 0 Å². The highest BCUT2D eigenvalue weighted by molar-refractivity contribution is 9.10. The number of nitrogens with zero attached hydrogens (tertiary/aromatic N) is 1. The zero-order valence-electron chi connectivity index (χ0n) is 11.4. The molecule has 1 fully saturated rings. The summed E-state index contributed by atoms with van der Waals surface area (Å²) in [5, 5.41) is -0.00502. The Bertz CT molecular complexity index is 426. The van der Waals surface area contributed by atoms with Crippen LogP contribution in [0.15, 0.2) is 33.6 Å². The lowest BCUT2D eigenvalue weighted by Crippen LogP contribution is -2.41. The number of thioether (sulfide) groups is 1. The number of carbonyl (C=O) groups excluding carboxylic acids is 1. The molecule has 2 nitrogen and oxygen atoms in total. The summed E-state index contributed by atoms with van der Waals surface area (Å²) in [7, 11) is 0. The molecule has 1 heterocycles. The number of hydrogen-bond donors (Lipinski definition) is 0. The Kier molecular flexibility index (Phi) is 5.34. The number of likely N-dealkylation sites (tertiary alicyclic amines) is 1. The molecule has 1 aromatic carbocycles. The monoisotopic (exact) mass is 341 g/mol. The summed E-state index contributed by atoms with van der Waals surface area (Å²) in [4.78, 5) is 15.5. The van der Waals surface area contributed by atoms with Gasteiger partial charge in [0, 0.05) is 22.5 Å². The molecule has 0 saturated carbocycles. The molecular weight excluding hydrogens is 322 g/mol. The van der Waals surface area contributed by atoms with Crippen molar-refractivity contribution in [1.82, 2.24) is 4.90 Å². The van der Waals surface area contributed by atoms with Crippen LogP contribution in [-0.2, 0) is 4.79 Å². The molecule has 1 amide bonds. The number of hydrogen-bond acceptors (Lipinski definition) is 2. The van der Waals surface area contributed by atoms with Gasteiger partial charge in [-0.25, -0.2) is 0 Å². The van der Waals surface area contributed by atoms with Gasteiger partial charge in [-0.2, -0.15) is 0 Å². The maximum atomic E-state index is 12.4. The third-order valence-electron chi connectivity index (χ3n) is 3.57. The topological polar surface area (TPSA) is 20.3 Å². The normalized spacial score (nSPS) is 18.4. The van der Waals surface area contributed by atoms with Crippen LogP contribution < -0.4 is 0 Å². The van der Waals surface area contributed by atoms with Crippen LogP contribution in [0.3, 0.4) is 0 Å². The summed E-state index contributed by atoms with van der Waals surface area (Å²) in [5.41, 5.74) is 0. The number of halogens is 1. The van der Waals surface area contributed by atoms with E-state index < -0.39 is 0 Å². The maximum absolute atomic E-state index is 12.4. The lowest BCUT2D eigenvalue weighted by molar-refractivity contribution is -0.131. The second-order valence-corrected chi connectivity index (χ2v) is 7.55. The first-order valence-corrected chi connectivity index (χ1v) is 8.44. The fourth-order valence-electron chi connectivity index (χ4n) is 2.25. The van der Waals surface area contributed by atoms with Gasteiger partial charge in [0.1, 0.15) is 0 Å². The van der Waals surface area contributed by atoms with Crippen molar-refractivity contribution in [3.63, 3.8) is 0 Å². The van der Waals surface area contributed by atoms with Gasteiger partial charge in [-0.15, -0.1) is 11.8 Å². The molecule has 0 spiro atoms. The number of benzene rings is 1. The van der Waals surface area contributed by atoms with Gasteiger partial charge in [-0.3, -0.25) is 4.79 Å². The van der Waals surface area contributed by atoms with E-state index in [-0.39, 0.29) is 11.2 Å². The summed E-state index contributed by atoms with van der Waals surface area (Å²) < 4.78 is 1.07. The molecule has 0 N–H and O–H groups in total. The Morgan fingerprint density at radius 1 is 1.32 bits per heavy atom. The van der Waals surface area contributed by atoms with Crippen molar-refractivity contribution >= 4 is 33.6 Å². The molecule has 0 radical (unpaired) electrons. The lowest BCUT2D eigenvalue weighted by Gasteiger charge is -2.32. The minimum atomic E-state index is -0.00502. The number of amides is 1. The molecule has 1 aromatic rings. The Morgan fingerprint density at radius 2 is 1.89 bits per heavy atom. The van der Waals surface area contributed by atoms with E-state index in [1.807, 2.05) is 24.0 Å². The van der Waals surface area contributed by atoms with Crippen molar-refractivity contribution in [2.24, 2.45) is 5.92 Å². The second kappa shape index (κ2) is 6.80. The van der Waals surface area contributed by atoms with Gasteiger partial charge in [0.05, 0.1) is 5.25 Å². The quantitative estimate of drug-likeness (QED) is 0.768. The van der Waals surface area contributed by atoms with E-state index >= 15 is 0 Å². The van der Waals surface area contributed by atoms with Crippen LogP contribution in [0.4, 0.5) is 0 Å². The van der Waals surface area contributed by atoms with Gasteiger partial charge >= 0.3 is 0 Å². The minimum Gasteiger partial charge on any atom is -0.342 e. The first-order chi connectivity index (χ1) is 9.06. The predicted octanol–water partition coefficient (Wildman–Crippen LogP) is 4.19. The third-order valence-corrected chi connectivity index (χ3v) is 5.20. The van der Waals surface area contributed by atoms with Crippen molar-refractivity contribution in [1.29, 1.82) is 0 Å². The summed E-state index contributed by atoms with van der Waals surface area (Å²) >= 11 is 5.07. The zero-order chi connectivity index (χ0) is 13.8. The van der Waals surface area contributed by atoms with Gasteiger partial charge in [0.15, 0.2) is 0 Å². The van der Waals surface area contributed by atoms with E-state index in [1.165, 1.54) is 0 Å². The first-order valence-electron chi connectivity index (χ1n) is 6.77. The highest BCUT2D eigenvalue weighted by Crippen LogP contribution is 2.27. The lowest BCUT2D eigenvalue weighted by atomic mass is 9.99. The van der Waals surface area contributed by atoms with E-state index in [2.05, 4.69) is 35.0 Å². The average molecular weight is 342 g/mol. The predicted molar refractivity (Wildman–Crippen MR) is 84.4 cm³/mol. The molecule has 0 bridgehead atoms. The molecule has 104 valence electrons. The maximum Gasteiger partial charge on any atom is 0.235 e. The summed E-state index contributed by atoms with van der Waals surface area (Å²) in [6.07, 6.45) is 2.28. The van der Waals surface area contributed by atoms with Crippen LogP contribution >= 0.6 is 27.7 Å². The van der Waals surface area contributed by atoms with Gasteiger partial charge in [-0.1, -0.05) is 22.9 Å². The molecule has 1 aliphatic heterocycles. The number of piperidine rings is 1. The van der Waals surface area contributed by atoms with Crippen molar-refractivity contribution in [3.8, 4) is 0 Å². The van der Waals surface area contributed by atoms with Crippen LogP contribution in [0.2, 0.25) is 0 Å². The largest absolute Gasteiger partial charge is 0.342 e. The van der Waals surface area contributed by atoms with Crippen LogP contribution in [0.25, 0.3) is 0 Å². The third kappa shape index (κ3) is 4.25. The van der Waals surface area contributed by atoms with E-state index in [0.717, 1.165) is 41.2 Å². The van der Waals surface area contributed by atoms with Crippen LogP contribution in [0.1, 0.15) is 26.7 Å². The Hall–Kier alpha value is -0.480. The second-order valence-electron chi connectivity index (χ2n) is 5.22. The first kappa shape index (κ1) is 14.9. The molecule has 4 heteroatoms. The van der Waals surface area contributed by atoms with E-state index in [9.17, 15) is 4.79 Å². The minimum absolute atomic E-state index is 0.00502. The standard InChI is InChI=1S/C15H20BrNOS/c1-11-7-9-17(10-8-11)15(18)12(2)19-14-5-3-13(16)4-6-14/h3-6,11-12H,7-10H2,1-2H3. The van der Waals surface area contributed by atoms with Crippen molar-refractivity contribution in [2.75, 3.05) is 13.1 Å². The molecule has 1 unspecified atom stereocenters. The van der Waals surface area contributed by atoms with Crippen molar-refractivity contribution < 1.29 is 4.79 Å². The Labute approximate surface area is 128 Å². The number of carbonyl (C=O) groups is 1. The Morgan fingerprint density at radius 3 is 2.47 bits per heavy atom. The Balaban J connectivity index is 1.90. The van der Waals surface area contributed by atoms with E-state index in [4.69, 9.17) is 0 Å². The summed E-state index contributed by atoms with van der Waals surface area (Å²) in [5.74, 6) is 1.04. The highest BCUT2D eigenvalue weighted by Gasteiger charge is 2.24. The fraction of sp³-hybridized carbons (Fsp3) is 0.533. The smallest absolute Gasteiger partial charge is 0.235 e. The number of rotatable bonds is 3. The highest BCUT2D eigenvalue weighted by atomic mass is 79.9. The van der Waals surface area contributed by atoms with Gasteiger partial charge in [-0.05, 0) is 49.9 Å². The molecule has 0 aromatic heterocycles. The molecule has 19 heavy (non-hydrogen) atoms.